The van der Waals surface area contributed by atoms with Crippen LogP contribution in [0.3, 0.4) is 0 Å². The average Bonchev–Trinajstić information content (AvgIpc) is 2.29. The second kappa shape index (κ2) is 5.41. The van der Waals surface area contributed by atoms with E-state index in [0.29, 0.717) is 13.1 Å². The standard InChI is InChI=1S/C12H15N3O2/c1-12(2,8-13)9-14-7-10-3-5-11(6-4-10)15(16)17/h3-6,14H,7,9H2,1-2H3. The molecule has 5 heteroatoms. The summed E-state index contributed by atoms with van der Waals surface area (Å²) in [7, 11) is 0. The van der Waals surface area contributed by atoms with Gasteiger partial charge in [0.15, 0.2) is 0 Å². The molecule has 0 aliphatic heterocycles. The molecule has 5 nitrogen and oxygen atoms in total. The topological polar surface area (TPSA) is 79.0 Å². The molecule has 0 atom stereocenters. The number of hydrogen-bond donors (Lipinski definition) is 1. The number of nitrogens with zero attached hydrogens (tertiary/aromatic N) is 2. The third-order valence-electron chi connectivity index (χ3n) is 2.35. The molecule has 1 aromatic rings. The zero-order valence-electron chi connectivity index (χ0n) is 9.93. The fourth-order valence-electron chi connectivity index (χ4n) is 1.29. The molecule has 0 aliphatic carbocycles. The lowest BCUT2D eigenvalue weighted by Gasteiger charge is -2.15. The van der Waals surface area contributed by atoms with Crippen molar-refractivity contribution in [3.05, 3.63) is 39.9 Å². The van der Waals surface area contributed by atoms with Gasteiger partial charge in [0.1, 0.15) is 0 Å². The molecule has 0 saturated carbocycles. The van der Waals surface area contributed by atoms with Crippen LogP contribution in [0.4, 0.5) is 5.69 Å². The highest BCUT2D eigenvalue weighted by atomic mass is 16.6. The third-order valence-corrected chi connectivity index (χ3v) is 2.35. The molecule has 0 radical (unpaired) electrons. The molecule has 0 heterocycles. The first-order chi connectivity index (χ1) is 7.94. The van der Waals surface area contributed by atoms with Crippen molar-refractivity contribution in [3.63, 3.8) is 0 Å². The van der Waals surface area contributed by atoms with E-state index in [9.17, 15) is 10.1 Å². The van der Waals surface area contributed by atoms with E-state index < -0.39 is 10.3 Å². The summed E-state index contributed by atoms with van der Waals surface area (Å²) in [5.41, 5.74) is 0.649. The van der Waals surface area contributed by atoms with E-state index in [4.69, 9.17) is 5.26 Å². The maximum atomic E-state index is 10.5. The first kappa shape index (κ1) is 13.1. The molecular weight excluding hydrogens is 218 g/mol. The minimum absolute atomic E-state index is 0.0890. The summed E-state index contributed by atoms with van der Waals surface area (Å²) in [4.78, 5) is 10.0. The summed E-state index contributed by atoms with van der Waals surface area (Å²) in [5, 5.41) is 22.4. The Kier molecular flexibility index (Phi) is 4.18. The fourth-order valence-corrected chi connectivity index (χ4v) is 1.29. The molecule has 0 bridgehead atoms. The molecule has 90 valence electrons. The third kappa shape index (κ3) is 4.21. The molecule has 0 saturated heterocycles. The largest absolute Gasteiger partial charge is 0.311 e. The summed E-state index contributed by atoms with van der Waals surface area (Å²) in [6.07, 6.45) is 0. The van der Waals surface area contributed by atoms with Gasteiger partial charge in [-0.3, -0.25) is 10.1 Å². The van der Waals surface area contributed by atoms with Gasteiger partial charge in [-0.15, -0.1) is 0 Å². The monoisotopic (exact) mass is 233 g/mol. The number of nitriles is 1. The Morgan fingerprint density at radius 3 is 2.47 bits per heavy atom. The predicted molar refractivity (Wildman–Crippen MR) is 64.2 cm³/mol. The van der Waals surface area contributed by atoms with Gasteiger partial charge in [0.25, 0.3) is 5.69 Å². The lowest BCUT2D eigenvalue weighted by Crippen LogP contribution is -2.27. The van der Waals surface area contributed by atoms with Crippen LogP contribution in [0.1, 0.15) is 19.4 Å². The Morgan fingerprint density at radius 2 is 2.00 bits per heavy atom. The summed E-state index contributed by atoms with van der Waals surface area (Å²) < 4.78 is 0. The maximum Gasteiger partial charge on any atom is 0.269 e. The second-order valence-corrected chi connectivity index (χ2v) is 4.52. The van der Waals surface area contributed by atoms with E-state index in [2.05, 4.69) is 11.4 Å². The Bertz CT molecular complexity index is 432. The van der Waals surface area contributed by atoms with Crippen LogP contribution in [0.25, 0.3) is 0 Å². The minimum atomic E-state index is -0.421. The SMILES string of the molecule is CC(C)(C#N)CNCc1ccc([N+](=O)[O-])cc1. The lowest BCUT2D eigenvalue weighted by molar-refractivity contribution is -0.384. The van der Waals surface area contributed by atoms with Gasteiger partial charge in [-0.2, -0.15) is 5.26 Å². The van der Waals surface area contributed by atoms with Gasteiger partial charge in [-0.1, -0.05) is 12.1 Å². The number of nitro groups is 1. The van der Waals surface area contributed by atoms with Crippen LogP contribution < -0.4 is 5.32 Å². The van der Waals surface area contributed by atoms with Crippen LogP contribution >= 0.6 is 0 Å². The van der Waals surface area contributed by atoms with Crippen molar-refractivity contribution in [2.75, 3.05) is 6.54 Å². The fraction of sp³-hybridized carbons (Fsp3) is 0.417. The molecule has 0 spiro atoms. The van der Waals surface area contributed by atoms with Crippen LogP contribution in [0.2, 0.25) is 0 Å². The van der Waals surface area contributed by atoms with Gasteiger partial charge in [0.2, 0.25) is 0 Å². The van der Waals surface area contributed by atoms with Crippen molar-refractivity contribution in [1.29, 1.82) is 5.26 Å². The lowest BCUT2D eigenvalue weighted by atomic mass is 9.96. The van der Waals surface area contributed by atoms with Crippen molar-refractivity contribution in [2.24, 2.45) is 5.41 Å². The molecule has 1 rings (SSSR count). The average molecular weight is 233 g/mol. The van der Waals surface area contributed by atoms with Crippen LogP contribution in [0.15, 0.2) is 24.3 Å². The van der Waals surface area contributed by atoms with Gasteiger partial charge in [-0.25, -0.2) is 0 Å². The van der Waals surface area contributed by atoms with E-state index in [1.165, 1.54) is 12.1 Å². The number of benzene rings is 1. The highest BCUT2D eigenvalue weighted by Crippen LogP contribution is 2.13. The van der Waals surface area contributed by atoms with E-state index in [0.717, 1.165) is 5.56 Å². The molecule has 17 heavy (non-hydrogen) atoms. The van der Waals surface area contributed by atoms with Gasteiger partial charge in [0, 0.05) is 25.2 Å². The van der Waals surface area contributed by atoms with Gasteiger partial charge < -0.3 is 5.32 Å². The number of nitro benzene ring substituents is 1. The molecule has 0 aliphatic rings. The Balaban J connectivity index is 2.49. The first-order valence-electron chi connectivity index (χ1n) is 5.30. The van der Waals surface area contributed by atoms with Gasteiger partial charge >= 0.3 is 0 Å². The molecular formula is C12H15N3O2. The number of hydrogen-bond acceptors (Lipinski definition) is 4. The van der Waals surface area contributed by atoms with E-state index >= 15 is 0 Å². The van der Waals surface area contributed by atoms with Crippen LogP contribution in [0.5, 0.6) is 0 Å². The summed E-state index contributed by atoms with van der Waals surface area (Å²) in [6.45, 7) is 4.90. The maximum absolute atomic E-state index is 10.5. The van der Waals surface area contributed by atoms with Crippen molar-refractivity contribution in [3.8, 4) is 6.07 Å². The van der Waals surface area contributed by atoms with Crippen LogP contribution in [-0.4, -0.2) is 11.5 Å². The molecule has 1 N–H and O–H groups in total. The van der Waals surface area contributed by atoms with Crippen molar-refractivity contribution < 1.29 is 4.92 Å². The summed E-state index contributed by atoms with van der Waals surface area (Å²) in [6, 6.07) is 8.58. The van der Waals surface area contributed by atoms with Crippen LogP contribution in [0, 0.1) is 26.9 Å². The van der Waals surface area contributed by atoms with Crippen molar-refractivity contribution >= 4 is 5.69 Å². The normalized spacial score (nSPS) is 10.9. The van der Waals surface area contributed by atoms with Gasteiger partial charge in [0.05, 0.1) is 16.4 Å². The number of nitrogens with one attached hydrogen (secondary N) is 1. The zero-order chi connectivity index (χ0) is 12.9. The Labute approximate surface area is 100 Å². The zero-order valence-corrected chi connectivity index (χ0v) is 9.93. The Hall–Kier alpha value is -1.93. The number of non-ortho nitro benzene ring substituents is 1. The highest BCUT2D eigenvalue weighted by Gasteiger charge is 2.15. The predicted octanol–water partition coefficient (Wildman–Crippen LogP) is 2.23. The van der Waals surface area contributed by atoms with Crippen LogP contribution in [-0.2, 0) is 6.54 Å². The van der Waals surface area contributed by atoms with E-state index in [1.54, 1.807) is 12.1 Å². The summed E-state index contributed by atoms with van der Waals surface area (Å²) in [5.74, 6) is 0. The quantitative estimate of drug-likeness (QED) is 0.624. The summed E-state index contributed by atoms with van der Waals surface area (Å²) >= 11 is 0. The van der Waals surface area contributed by atoms with E-state index in [1.807, 2.05) is 13.8 Å². The molecule has 0 fully saturated rings. The minimum Gasteiger partial charge on any atom is -0.311 e. The van der Waals surface area contributed by atoms with E-state index in [-0.39, 0.29) is 5.69 Å². The van der Waals surface area contributed by atoms with Gasteiger partial charge in [-0.05, 0) is 19.4 Å². The van der Waals surface area contributed by atoms with Crippen molar-refractivity contribution in [1.82, 2.24) is 5.32 Å². The Morgan fingerprint density at radius 1 is 1.41 bits per heavy atom. The molecule has 0 amide bonds. The number of rotatable bonds is 5. The molecule has 1 aromatic carbocycles. The molecule has 0 unspecified atom stereocenters. The first-order valence-corrected chi connectivity index (χ1v) is 5.30. The molecule has 0 aromatic heterocycles. The highest BCUT2D eigenvalue weighted by molar-refractivity contribution is 5.32. The smallest absolute Gasteiger partial charge is 0.269 e. The van der Waals surface area contributed by atoms with Crippen molar-refractivity contribution in [2.45, 2.75) is 20.4 Å². The second-order valence-electron chi connectivity index (χ2n) is 4.52.